The van der Waals surface area contributed by atoms with Gasteiger partial charge in [-0.25, -0.2) is 0 Å². The molecule has 0 aromatic heterocycles. The van der Waals surface area contributed by atoms with Gasteiger partial charge in [-0.3, -0.25) is 4.79 Å². The zero-order valence-corrected chi connectivity index (χ0v) is 6.17. The molecular formula is C7H10O4. The van der Waals surface area contributed by atoms with E-state index in [1.807, 2.05) is 0 Å². The summed E-state index contributed by atoms with van der Waals surface area (Å²) in [6, 6.07) is 0. The van der Waals surface area contributed by atoms with Gasteiger partial charge in [0.25, 0.3) is 0 Å². The second kappa shape index (κ2) is 2.46. The zero-order chi connectivity index (χ0) is 7.73. The van der Waals surface area contributed by atoms with Gasteiger partial charge < -0.3 is 14.2 Å². The molecule has 0 aliphatic carbocycles. The normalized spacial score (nSPS) is 28.9. The van der Waals surface area contributed by atoms with Crippen LogP contribution < -0.4 is 0 Å². The molecule has 2 aliphatic rings. The fraction of sp³-hybridized carbons (Fsp3) is 0.857. The topological polar surface area (TPSA) is 44.8 Å². The first kappa shape index (κ1) is 7.06. The monoisotopic (exact) mass is 158 g/mol. The van der Waals surface area contributed by atoms with Gasteiger partial charge in [-0.1, -0.05) is 0 Å². The Morgan fingerprint density at radius 2 is 2.00 bits per heavy atom. The van der Waals surface area contributed by atoms with Crippen molar-refractivity contribution in [1.29, 1.82) is 0 Å². The molecule has 0 aromatic carbocycles. The Bertz CT molecular complexity index is 159. The van der Waals surface area contributed by atoms with E-state index in [1.54, 1.807) is 0 Å². The minimum absolute atomic E-state index is 0.158. The molecule has 2 fully saturated rings. The standard InChI is InChI=1S/C7H10O4/c8-6-1-2-7(5-9-6)10-3-4-11-7/h1-5H2. The van der Waals surface area contributed by atoms with Crippen LogP contribution in [0.15, 0.2) is 0 Å². The van der Waals surface area contributed by atoms with Crippen molar-refractivity contribution in [3.63, 3.8) is 0 Å². The summed E-state index contributed by atoms with van der Waals surface area (Å²) in [6.07, 6.45) is 1.03. The number of ether oxygens (including phenoxy) is 3. The molecule has 2 saturated heterocycles. The quantitative estimate of drug-likeness (QED) is 0.468. The van der Waals surface area contributed by atoms with E-state index in [9.17, 15) is 4.79 Å². The molecule has 0 amide bonds. The molecule has 2 heterocycles. The van der Waals surface area contributed by atoms with Gasteiger partial charge in [0.15, 0.2) is 0 Å². The highest BCUT2D eigenvalue weighted by molar-refractivity contribution is 5.70. The SMILES string of the molecule is O=C1CCC2(CO1)OCCO2. The lowest BCUT2D eigenvalue weighted by Gasteiger charge is -2.29. The van der Waals surface area contributed by atoms with Crippen LogP contribution in [-0.4, -0.2) is 31.6 Å². The molecular weight excluding hydrogens is 148 g/mol. The van der Waals surface area contributed by atoms with Gasteiger partial charge in [0.1, 0.15) is 6.61 Å². The Balaban J connectivity index is 1.99. The van der Waals surface area contributed by atoms with Gasteiger partial charge in [0, 0.05) is 6.42 Å². The molecule has 0 atom stereocenters. The minimum atomic E-state index is -0.589. The molecule has 1 spiro atoms. The second-order valence-electron chi connectivity index (χ2n) is 2.77. The smallest absolute Gasteiger partial charge is 0.306 e. The van der Waals surface area contributed by atoms with Gasteiger partial charge in [-0.05, 0) is 0 Å². The zero-order valence-electron chi connectivity index (χ0n) is 6.17. The molecule has 2 rings (SSSR count). The molecule has 4 nitrogen and oxygen atoms in total. The number of rotatable bonds is 0. The Kier molecular flexibility index (Phi) is 1.58. The summed E-state index contributed by atoms with van der Waals surface area (Å²) < 4.78 is 15.5. The van der Waals surface area contributed by atoms with Crippen LogP contribution in [0.3, 0.4) is 0 Å². The van der Waals surface area contributed by atoms with E-state index >= 15 is 0 Å². The fourth-order valence-corrected chi connectivity index (χ4v) is 1.35. The maximum Gasteiger partial charge on any atom is 0.306 e. The molecule has 0 aromatic rings. The third-order valence-electron chi connectivity index (χ3n) is 1.98. The van der Waals surface area contributed by atoms with Crippen molar-refractivity contribution < 1.29 is 19.0 Å². The van der Waals surface area contributed by atoms with Gasteiger partial charge in [-0.2, -0.15) is 0 Å². The Morgan fingerprint density at radius 1 is 1.27 bits per heavy atom. The number of cyclic esters (lactones) is 1. The minimum Gasteiger partial charge on any atom is -0.460 e. The Morgan fingerprint density at radius 3 is 2.55 bits per heavy atom. The van der Waals surface area contributed by atoms with Gasteiger partial charge in [-0.15, -0.1) is 0 Å². The molecule has 0 N–H and O–H groups in total. The van der Waals surface area contributed by atoms with Crippen LogP contribution in [0.5, 0.6) is 0 Å². The molecule has 4 heteroatoms. The average Bonchev–Trinajstić information content (AvgIpc) is 2.45. The van der Waals surface area contributed by atoms with Crippen molar-refractivity contribution in [1.82, 2.24) is 0 Å². The summed E-state index contributed by atoms with van der Waals surface area (Å²) in [5.41, 5.74) is 0. The lowest BCUT2D eigenvalue weighted by Crippen LogP contribution is -2.41. The maximum atomic E-state index is 10.7. The van der Waals surface area contributed by atoms with Gasteiger partial charge in [0.05, 0.1) is 19.6 Å². The highest BCUT2D eigenvalue weighted by Gasteiger charge is 2.41. The predicted molar refractivity (Wildman–Crippen MR) is 34.8 cm³/mol. The van der Waals surface area contributed by atoms with E-state index in [-0.39, 0.29) is 12.6 Å². The number of hydrogen-bond donors (Lipinski definition) is 0. The first-order valence-corrected chi connectivity index (χ1v) is 3.74. The van der Waals surface area contributed by atoms with Crippen LogP contribution in [-0.2, 0) is 19.0 Å². The van der Waals surface area contributed by atoms with Crippen LogP contribution in [0.4, 0.5) is 0 Å². The number of carbonyl (C=O) groups excluding carboxylic acids is 1. The van der Waals surface area contributed by atoms with E-state index in [0.717, 1.165) is 0 Å². The molecule has 11 heavy (non-hydrogen) atoms. The van der Waals surface area contributed by atoms with Gasteiger partial charge >= 0.3 is 5.97 Å². The third kappa shape index (κ3) is 1.23. The second-order valence-corrected chi connectivity index (χ2v) is 2.77. The first-order valence-electron chi connectivity index (χ1n) is 3.74. The Labute approximate surface area is 64.4 Å². The van der Waals surface area contributed by atoms with E-state index in [0.29, 0.717) is 26.1 Å². The lowest BCUT2D eigenvalue weighted by molar-refractivity contribution is -0.218. The number of carbonyl (C=O) groups is 1. The number of esters is 1. The summed E-state index contributed by atoms with van der Waals surface area (Å²) in [6.45, 7) is 1.47. The first-order chi connectivity index (χ1) is 5.31. The van der Waals surface area contributed by atoms with Crippen molar-refractivity contribution in [2.45, 2.75) is 18.6 Å². The molecule has 0 radical (unpaired) electrons. The summed E-state index contributed by atoms with van der Waals surface area (Å²) in [5, 5.41) is 0. The molecule has 0 unspecified atom stereocenters. The van der Waals surface area contributed by atoms with E-state index in [2.05, 4.69) is 0 Å². The average molecular weight is 158 g/mol. The van der Waals surface area contributed by atoms with Gasteiger partial charge in [0.2, 0.25) is 5.79 Å². The van der Waals surface area contributed by atoms with Crippen molar-refractivity contribution >= 4 is 5.97 Å². The Hall–Kier alpha value is -0.610. The molecule has 62 valence electrons. The van der Waals surface area contributed by atoms with Crippen LogP contribution in [0.2, 0.25) is 0 Å². The summed E-state index contributed by atoms with van der Waals surface area (Å²) in [4.78, 5) is 10.7. The lowest BCUT2D eigenvalue weighted by atomic mass is 10.1. The van der Waals surface area contributed by atoms with Crippen molar-refractivity contribution in [3.05, 3.63) is 0 Å². The summed E-state index contributed by atoms with van der Waals surface area (Å²) >= 11 is 0. The van der Waals surface area contributed by atoms with Crippen LogP contribution in [0, 0.1) is 0 Å². The number of hydrogen-bond acceptors (Lipinski definition) is 4. The van der Waals surface area contributed by atoms with Crippen LogP contribution in [0.1, 0.15) is 12.8 Å². The molecule has 0 bridgehead atoms. The van der Waals surface area contributed by atoms with Crippen LogP contribution in [0.25, 0.3) is 0 Å². The van der Waals surface area contributed by atoms with E-state index in [4.69, 9.17) is 14.2 Å². The van der Waals surface area contributed by atoms with Crippen molar-refractivity contribution in [2.24, 2.45) is 0 Å². The summed E-state index contributed by atoms with van der Waals surface area (Å²) in [5.74, 6) is -0.747. The maximum absolute atomic E-state index is 10.7. The predicted octanol–water partition coefficient (Wildman–Crippen LogP) is 0.0665. The largest absolute Gasteiger partial charge is 0.460 e. The van der Waals surface area contributed by atoms with E-state index < -0.39 is 5.79 Å². The molecule has 0 saturated carbocycles. The third-order valence-corrected chi connectivity index (χ3v) is 1.98. The van der Waals surface area contributed by atoms with Crippen molar-refractivity contribution in [3.8, 4) is 0 Å². The highest BCUT2D eigenvalue weighted by Crippen LogP contribution is 2.28. The van der Waals surface area contributed by atoms with E-state index in [1.165, 1.54) is 0 Å². The van der Waals surface area contributed by atoms with Crippen molar-refractivity contribution in [2.75, 3.05) is 19.8 Å². The highest BCUT2D eigenvalue weighted by atomic mass is 16.8. The molecule has 2 aliphatic heterocycles. The summed E-state index contributed by atoms with van der Waals surface area (Å²) in [7, 11) is 0. The fourth-order valence-electron chi connectivity index (χ4n) is 1.35. The van der Waals surface area contributed by atoms with Crippen LogP contribution >= 0.6 is 0 Å².